The van der Waals surface area contributed by atoms with Crippen molar-refractivity contribution in [3.8, 4) is 0 Å². The summed E-state index contributed by atoms with van der Waals surface area (Å²) in [5, 5.41) is 17.2. The summed E-state index contributed by atoms with van der Waals surface area (Å²) in [6.07, 6.45) is 3.23. The molecule has 1 saturated carbocycles. The zero-order valence-electron chi connectivity index (χ0n) is 9.44. The zero-order valence-corrected chi connectivity index (χ0v) is 9.44. The average Bonchev–Trinajstić information content (AvgIpc) is 3.07. The molecule has 0 atom stereocenters. The standard InChI is InChI=1S/C13H14N2O2/c16-12(17)6-2-8-1-5-10-11(7-8)14-15-13(10)9-3-4-9/h1,5,7,9H,2-4,6H2,(H,14,15)(H,16,17). The van der Waals surface area contributed by atoms with Crippen LogP contribution in [0.25, 0.3) is 10.9 Å². The van der Waals surface area contributed by atoms with Crippen LogP contribution in [0, 0.1) is 0 Å². The number of rotatable bonds is 4. The Bertz CT molecular complexity index is 570. The van der Waals surface area contributed by atoms with Gasteiger partial charge in [0, 0.05) is 23.4 Å². The lowest BCUT2D eigenvalue weighted by Gasteiger charge is -1.99. The second kappa shape index (κ2) is 3.87. The van der Waals surface area contributed by atoms with Gasteiger partial charge in [0.15, 0.2) is 0 Å². The molecule has 17 heavy (non-hydrogen) atoms. The maximum atomic E-state index is 10.5. The number of aliphatic carboxylic acids is 1. The van der Waals surface area contributed by atoms with Gasteiger partial charge in [0.1, 0.15) is 0 Å². The highest BCUT2D eigenvalue weighted by Crippen LogP contribution is 2.41. The van der Waals surface area contributed by atoms with Gasteiger partial charge in [-0.25, -0.2) is 0 Å². The van der Waals surface area contributed by atoms with Gasteiger partial charge in [-0.05, 0) is 30.9 Å². The van der Waals surface area contributed by atoms with E-state index in [1.807, 2.05) is 12.1 Å². The van der Waals surface area contributed by atoms with Gasteiger partial charge >= 0.3 is 5.97 Å². The van der Waals surface area contributed by atoms with E-state index in [1.54, 1.807) is 0 Å². The molecule has 0 saturated heterocycles. The van der Waals surface area contributed by atoms with Crippen LogP contribution in [0.5, 0.6) is 0 Å². The molecule has 2 N–H and O–H groups in total. The first-order valence-electron chi connectivity index (χ1n) is 5.93. The van der Waals surface area contributed by atoms with E-state index in [1.165, 1.54) is 23.9 Å². The number of fused-ring (bicyclic) bond motifs is 1. The van der Waals surface area contributed by atoms with Gasteiger partial charge in [0.2, 0.25) is 0 Å². The van der Waals surface area contributed by atoms with Crippen molar-refractivity contribution >= 4 is 16.9 Å². The minimum Gasteiger partial charge on any atom is -0.481 e. The number of nitrogens with zero attached hydrogens (tertiary/aromatic N) is 1. The van der Waals surface area contributed by atoms with E-state index in [0.29, 0.717) is 12.3 Å². The molecule has 4 nitrogen and oxygen atoms in total. The molecule has 1 heterocycles. The van der Waals surface area contributed by atoms with Gasteiger partial charge in [-0.1, -0.05) is 12.1 Å². The van der Waals surface area contributed by atoms with E-state index >= 15 is 0 Å². The summed E-state index contributed by atoms with van der Waals surface area (Å²) in [5.41, 5.74) is 3.23. The fourth-order valence-corrected chi connectivity index (χ4v) is 2.17. The van der Waals surface area contributed by atoms with Crippen LogP contribution in [-0.2, 0) is 11.2 Å². The zero-order chi connectivity index (χ0) is 11.8. The predicted molar refractivity (Wildman–Crippen MR) is 64.0 cm³/mol. The van der Waals surface area contributed by atoms with E-state index in [9.17, 15) is 4.79 Å². The lowest BCUT2D eigenvalue weighted by atomic mass is 10.1. The topological polar surface area (TPSA) is 66.0 Å². The first-order chi connectivity index (χ1) is 8.24. The Labute approximate surface area is 98.6 Å². The molecule has 0 amide bonds. The summed E-state index contributed by atoms with van der Waals surface area (Å²) in [4.78, 5) is 10.5. The second-order valence-corrected chi connectivity index (χ2v) is 4.66. The monoisotopic (exact) mass is 230 g/mol. The number of carboxylic acids is 1. The van der Waals surface area contributed by atoms with Gasteiger partial charge in [-0.2, -0.15) is 5.10 Å². The van der Waals surface area contributed by atoms with Crippen molar-refractivity contribution in [1.82, 2.24) is 10.2 Å². The molecule has 0 unspecified atom stereocenters. The Balaban J connectivity index is 1.89. The summed E-state index contributed by atoms with van der Waals surface area (Å²) in [6, 6.07) is 6.05. The summed E-state index contributed by atoms with van der Waals surface area (Å²) in [5.74, 6) is -0.101. The van der Waals surface area contributed by atoms with E-state index in [-0.39, 0.29) is 6.42 Å². The maximum Gasteiger partial charge on any atom is 0.303 e. The van der Waals surface area contributed by atoms with Crippen molar-refractivity contribution < 1.29 is 9.90 Å². The number of nitrogens with one attached hydrogen (secondary N) is 1. The third-order valence-electron chi connectivity index (χ3n) is 3.26. The van der Waals surface area contributed by atoms with Gasteiger partial charge in [0.05, 0.1) is 5.52 Å². The van der Waals surface area contributed by atoms with Crippen molar-refractivity contribution in [2.45, 2.75) is 31.6 Å². The Hall–Kier alpha value is -1.84. The van der Waals surface area contributed by atoms with Crippen LogP contribution in [0.1, 0.15) is 36.4 Å². The van der Waals surface area contributed by atoms with Crippen LogP contribution < -0.4 is 0 Å². The molecule has 0 aliphatic heterocycles. The number of carboxylic acid groups (broad SMARTS) is 1. The molecule has 88 valence electrons. The quantitative estimate of drug-likeness (QED) is 0.847. The first kappa shape index (κ1) is 10.3. The molecule has 2 aromatic rings. The molecule has 3 rings (SSSR count). The SMILES string of the molecule is O=C(O)CCc1ccc2c(C3CC3)[nH]nc2c1. The molecule has 1 aliphatic rings. The van der Waals surface area contributed by atoms with Crippen molar-refractivity contribution in [1.29, 1.82) is 0 Å². The lowest BCUT2D eigenvalue weighted by molar-refractivity contribution is -0.136. The van der Waals surface area contributed by atoms with Crippen molar-refractivity contribution in [2.24, 2.45) is 0 Å². The van der Waals surface area contributed by atoms with Crippen molar-refractivity contribution in [3.05, 3.63) is 29.5 Å². The average molecular weight is 230 g/mol. The summed E-state index contributed by atoms with van der Waals surface area (Å²) < 4.78 is 0. The summed E-state index contributed by atoms with van der Waals surface area (Å²) >= 11 is 0. The maximum absolute atomic E-state index is 10.5. The molecular formula is C13H14N2O2. The van der Waals surface area contributed by atoms with Crippen LogP contribution in [0.3, 0.4) is 0 Å². The fourth-order valence-electron chi connectivity index (χ4n) is 2.17. The van der Waals surface area contributed by atoms with E-state index in [0.717, 1.165) is 11.1 Å². The third kappa shape index (κ3) is 2.02. The predicted octanol–water partition coefficient (Wildman–Crippen LogP) is 2.46. The molecule has 1 fully saturated rings. The summed E-state index contributed by atoms with van der Waals surface area (Å²) in [7, 11) is 0. The number of aromatic amines is 1. The molecule has 4 heteroatoms. The number of hydrogen-bond donors (Lipinski definition) is 2. The van der Waals surface area contributed by atoms with Crippen LogP contribution in [0.15, 0.2) is 18.2 Å². The molecule has 1 aliphatic carbocycles. The van der Waals surface area contributed by atoms with E-state index in [4.69, 9.17) is 5.11 Å². The minimum atomic E-state index is -0.759. The molecule has 0 bridgehead atoms. The smallest absolute Gasteiger partial charge is 0.303 e. The Morgan fingerprint density at radius 1 is 1.47 bits per heavy atom. The van der Waals surface area contributed by atoms with Gasteiger partial charge in [-0.15, -0.1) is 0 Å². The highest BCUT2D eigenvalue weighted by molar-refractivity contribution is 5.83. The van der Waals surface area contributed by atoms with Gasteiger partial charge < -0.3 is 5.11 Å². The van der Waals surface area contributed by atoms with E-state index in [2.05, 4.69) is 16.3 Å². The van der Waals surface area contributed by atoms with E-state index < -0.39 is 5.97 Å². The largest absolute Gasteiger partial charge is 0.481 e. The first-order valence-corrected chi connectivity index (χ1v) is 5.93. The van der Waals surface area contributed by atoms with Gasteiger partial charge in [-0.3, -0.25) is 9.89 Å². The highest BCUT2D eigenvalue weighted by Gasteiger charge is 2.27. The second-order valence-electron chi connectivity index (χ2n) is 4.66. The molecule has 1 aromatic heterocycles. The van der Waals surface area contributed by atoms with Crippen LogP contribution >= 0.6 is 0 Å². The van der Waals surface area contributed by atoms with Crippen LogP contribution in [-0.4, -0.2) is 21.3 Å². The van der Waals surface area contributed by atoms with Crippen molar-refractivity contribution in [2.75, 3.05) is 0 Å². The minimum absolute atomic E-state index is 0.172. The van der Waals surface area contributed by atoms with Gasteiger partial charge in [0.25, 0.3) is 0 Å². The number of carbonyl (C=O) groups is 1. The lowest BCUT2D eigenvalue weighted by Crippen LogP contribution is -1.97. The Morgan fingerprint density at radius 2 is 2.29 bits per heavy atom. The van der Waals surface area contributed by atoms with Crippen LogP contribution in [0.2, 0.25) is 0 Å². The number of H-pyrrole nitrogens is 1. The Morgan fingerprint density at radius 3 is 3.00 bits per heavy atom. The number of aromatic nitrogens is 2. The summed E-state index contributed by atoms with van der Waals surface area (Å²) in [6.45, 7) is 0. The number of hydrogen-bond acceptors (Lipinski definition) is 2. The fraction of sp³-hybridized carbons (Fsp3) is 0.385. The van der Waals surface area contributed by atoms with Crippen molar-refractivity contribution in [3.63, 3.8) is 0 Å². The van der Waals surface area contributed by atoms with Crippen LogP contribution in [0.4, 0.5) is 0 Å². The Kier molecular flexibility index (Phi) is 2.35. The molecule has 1 aromatic carbocycles. The normalized spacial score (nSPS) is 15.3. The molecule has 0 radical (unpaired) electrons. The third-order valence-corrected chi connectivity index (χ3v) is 3.26. The highest BCUT2D eigenvalue weighted by atomic mass is 16.4. The number of benzene rings is 1. The molecule has 0 spiro atoms. The number of aryl methyl sites for hydroxylation is 1. The molecular weight excluding hydrogens is 216 g/mol.